The van der Waals surface area contributed by atoms with Gasteiger partial charge in [0.1, 0.15) is 12.4 Å². The van der Waals surface area contributed by atoms with Gasteiger partial charge >= 0.3 is 5.97 Å². The van der Waals surface area contributed by atoms with Gasteiger partial charge in [-0.3, -0.25) is 4.79 Å². The molecule has 0 amide bonds. The van der Waals surface area contributed by atoms with E-state index in [9.17, 15) is 9.70 Å². The van der Waals surface area contributed by atoms with Crippen LogP contribution in [0.25, 0.3) is 5.57 Å². The van der Waals surface area contributed by atoms with E-state index in [1.54, 1.807) is 6.92 Å². The van der Waals surface area contributed by atoms with Crippen LogP contribution in [0.4, 0.5) is 0 Å². The molecule has 0 heterocycles. The van der Waals surface area contributed by atoms with E-state index in [1.807, 2.05) is 36.4 Å². The topological polar surface area (TPSA) is 76.0 Å². The first-order valence-corrected chi connectivity index (χ1v) is 10.1. The third kappa shape index (κ3) is 5.81. The predicted molar refractivity (Wildman–Crippen MR) is 117 cm³/mol. The highest BCUT2D eigenvalue weighted by Gasteiger charge is 2.16. The minimum absolute atomic E-state index is 0.0205. The summed E-state index contributed by atoms with van der Waals surface area (Å²) >= 11 is 0. The summed E-state index contributed by atoms with van der Waals surface area (Å²) in [5, 5.41) is 12.2. The molecule has 2 atom stereocenters. The van der Waals surface area contributed by atoms with Crippen LogP contribution in [0.3, 0.4) is 0 Å². The van der Waals surface area contributed by atoms with Crippen LogP contribution in [-0.2, 0) is 11.4 Å². The Bertz CT molecular complexity index is 982. The van der Waals surface area contributed by atoms with Crippen LogP contribution >= 0.6 is 0 Å². The van der Waals surface area contributed by atoms with Crippen LogP contribution in [0.2, 0.25) is 0 Å². The highest BCUT2D eigenvalue weighted by molar-refractivity contribution is 5.69. The number of carboxylic acids is 1. The van der Waals surface area contributed by atoms with E-state index >= 15 is 0 Å². The van der Waals surface area contributed by atoms with Crippen molar-refractivity contribution in [2.75, 3.05) is 0 Å². The van der Waals surface area contributed by atoms with Crippen LogP contribution in [0, 0.1) is 16.7 Å². The van der Waals surface area contributed by atoms with Gasteiger partial charge in [-0.25, -0.2) is 0 Å². The summed E-state index contributed by atoms with van der Waals surface area (Å²) in [7, 11) is 0. The molecular weight excluding hydrogens is 378 g/mol. The maximum Gasteiger partial charge on any atom is 0.304 e. The minimum atomic E-state index is -0.867. The number of rotatable bonds is 8. The van der Waals surface area contributed by atoms with Crippen molar-refractivity contribution >= 4 is 11.5 Å². The Morgan fingerprint density at radius 1 is 1.27 bits per heavy atom. The SMILES string of the molecule is CC#CC(CC(=O)O)c1ccc(OCc2cccc(C3=CCC(N=O)CC3)c2)cc1. The monoisotopic (exact) mass is 403 g/mol. The lowest BCUT2D eigenvalue weighted by atomic mass is 9.90. The first-order chi connectivity index (χ1) is 14.6. The molecule has 0 spiro atoms. The van der Waals surface area contributed by atoms with Gasteiger partial charge in [-0.2, -0.15) is 4.91 Å². The van der Waals surface area contributed by atoms with Crippen LogP contribution < -0.4 is 4.74 Å². The van der Waals surface area contributed by atoms with Gasteiger partial charge in [0.05, 0.1) is 18.4 Å². The Kier molecular flexibility index (Phi) is 7.40. The maximum absolute atomic E-state index is 11.0. The zero-order chi connectivity index (χ0) is 21.3. The molecule has 5 heteroatoms. The predicted octanol–water partition coefficient (Wildman–Crippen LogP) is 5.55. The molecule has 0 fully saturated rings. The Balaban J connectivity index is 1.63. The molecule has 3 rings (SSSR count). The fourth-order valence-electron chi connectivity index (χ4n) is 3.60. The number of carbonyl (C=O) groups is 1. The molecule has 0 saturated heterocycles. The van der Waals surface area contributed by atoms with Crippen molar-refractivity contribution < 1.29 is 14.6 Å². The van der Waals surface area contributed by atoms with Crippen LogP contribution in [0.1, 0.15) is 55.2 Å². The van der Waals surface area contributed by atoms with Crippen molar-refractivity contribution in [3.05, 3.63) is 76.2 Å². The smallest absolute Gasteiger partial charge is 0.304 e. The van der Waals surface area contributed by atoms with Crippen molar-refractivity contribution in [2.45, 2.75) is 51.2 Å². The van der Waals surface area contributed by atoms with Crippen molar-refractivity contribution in [1.29, 1.82) is 0 Å². The third-order valence-electron chi connectivity index (χ3n) is 5.22. The Morgan fingerprint density at radius 3 is 2.70 bits per heavy atom. The first-order valence-electron chi connectivity index (χ1n) is 10.1. The van der Waals surface area contributed by atoms with Crippen molar-refractivity contribution in [3.63, 3.8) is 0 Å². The van der Waals surface area contributed by atoms with E-state index in [-0.39, 0.29) is 18.4 Å². The molecule has 5 nitrogen and oxygen atoms in total. The normalized spacial score (nSPS) is 16.6. The van der Waals surface area contributed by atoms with Gasteiger partial charge in [-0.1, -0.05) is 47.5 Å². The second-order valence-electron chi connectivity index (χ2n) is 7.37. The zero-order valence-electron chi connectivity index (χ0n) is 17.0. The number of hydrogen-bond donors (Lipinski definition) is 1. The van der Waals surface area contributed by atoms with Crippen molar-refractivity contribution in [3.8, 4) is 17.6 Å². The van der Waals surface area contributed by atoms with E-state index in [4.69, 9.17) is 9.84 Å². The molecule has 0 saturated carbocycles. The molecule has 0 bridgehead atoms. The largest absolute Gasteiger partial charge is 0.489 e. The molecule has 0 aliphatic heterocycles. The van der Waals surface area contributed by atoms with Gasteiger partial charge in [0, 0.05) is 0 Å². The number of nitroso groups, excluding NO2 is 1. The van der Waals surface area contributed by atoms with Crippen molar-refractivity contribution in [2.24, 2.45) is 5.18 Å². The van der Waals surface area contributed by atoms with Gasteiger partial charge in [0.15, 0.2) is 0 Å². The summed E-state index contributed by atoms with van der Waals surface area (Å²) in [4.78, 5) is 21.7. The standard InChI is InChI=1S/C25H25NO4/c1-2-4-21(16-25(27)28)20-9-13-24(14-10-20)30-17-18-5-3-6-22(15-18)19-7-11-23(26-29)12-8-19/h3,5-7,9-10,13-15,21,23H,8,11-12,16-17H2,1H3,(H,27,28). The number of aliphatic carboxylic acids is 1. The molecule has 2 unspecified atom stereocenters. The van der Waals surface area contributed by atoms with Crippen LogP contribution in [-0.4, -0.2) is 17.1 Å². The summed E-state index contributed by atoms with van der Waals surface area (Å²) in [6.45, 7) is 2.15. The summed E-state index contributed by atoms with van der Waals surface area (Å²) < 4.78 is 5.92. The van der Waals surface area contributed by atoms with Gasteiger partial charge in [0.25, 0.3) is 0 Å². The van der Waals surface area contributed by atoms with Gasteiger partial charge in [-0.15, -0.1) is 5.92 Å². The molecule has 154 valence electrons. The Labute approximate surface area is 176 Å². The lowest BCUT2D eigenvalue weighted by Gasteiger charge is -2.17. The molecule has 2 aromatic rings. The number of hydrogen-bond acceptors (Lipinski definition) is 4. The van der Waals surface area contributed by atoms with E-state index in [1.165, 1.54) is 5.57 Å². The van der Waals surface area contributed by atoms with E-state index in [0.29, 0.717) is 13.0 Å². The quantitative estimate of drug-likeness (QED) is 0.463. The number of benzene rings is 2. The molecule has 1 N–H and O–H groups in total. The molecule has 1 aliphatic rings. The second-order valence-corrected chi connectivity index (χ2v) is 7.37. The summed E-state index contributed by atoms with van der Waals surface area (Å²) in [5.74, 6) is 5.28. The fourth-order valence-corrected chi connectivity index (χ4v) is 3.60. The van der Waals surface area contributed by atoms with Crippen LogP contribution in [0.5, 0.6) is 5.75 Å². The molecule has 0 radical (unpaired) electrons. The third-order valence-corrected chi connectivity index (χ3v) is 5.22. The Hall–Kier alpha value is -3.39. The fraction of sp³-hybridized carbons (Fsp3) is 0.320. The van der Waals surface area contributed by atoms with E-state index in [0.717, 1.165) is 35.3 Å². The molecule has 30 heavy (non-hydrogen) atoms. The van der Waals surface area contributed by atoms with E-state index in [2.05, 4.69) is 35.2 Å². The maximum atomic E-state index is 11.0. The average molecular weight is 403 g/mol. The first kappa shape index (κ1) is 21.3. The van der Waals surface area contributed by atoms with Gasteiger partial charge in [-0.05, 0) is 66.6 Å². The lowest BCUT2D eigenvalue weighted by Crippen LogP contribution is -2.07. The molecular formula is C25H25NO4. The van der Waals surface area contributed by atoms with Gasteiger partial charge in [0.2, 0.25) is 0 Å². The number of allylic oxidation sites excluding steroid dienone is 1. The number of ether oxygens (including phenoxy) is 1. The van der Waals surface area contributed by atoms with E-state index < -0.39 is 5.97 Å². The molecule has 1 aliphatic carbocycles. The lowest BCUT2D eigenvalue weighted by molar-refractivity contribution is -0.137. The highest BCUT2D eigenvalue weighted by Crippen LogP contribution is 2.29. The summed E-state index contributed by atoms with van der Waals surface area (Å²) in [6, 6.07) is 15.6. The Morgan fingerprint density at radius 2 is 2.07 bits per heavy atom. The minimum Gasteiger partial charge on any atom is -0.489 e. The average Bonchev–Trinajstić information content (AvgIpc) is 2.78. The molecule has 2 aromatic carbocycles. The summed E-state index contributed by atoms with van der Waals surface area (Å²) in [6.07, 6.45) is 4.46. The van der Waals surface area contributed by atoms with Gasteiger partial charge < -0.3 is 9.84 Å². The number of carboxylic acid groups (broad SMARTS) is 1. The summed E-state index contributed by atoms with van der Waals surface area (Å²) in [5.41, 5.74) is 4.34. The number of nitrogens with zero attached hydrogens (tertiary/aromatic N) is 1. The molecule has 0 aromatic heterocycles. The van der Waals surface area contributed by atoms with Crippen LogP contribution in [0.15, 0.2) is 59.8 Å². The zero-order valence-corrected chi connectivity index (χ0v) is 17.0. The highest BCUT2D eigenvalue weighted by atomic mass is 16.5. The second kappa shape index (κ2) is 10.4. The van der Waals surface area contributed by atoms with Crippen molar-refractivity contribution in [1.82, 2.24) is 0 Å².